The Morgan fingerprint density at radius 2 is 1.30 bits per heavy atom. The van der Waals surface area contributed by atoms with E-state index in [2.05, 4.69) is 81.1 Å². The van der Waals surface area contributed by atoms with Gasteiger partial charge >= 0.3 is 0 Å². The minimum Gasteiger partial charge on any atom is -0.0983 e. The molecule has 2 fully saturated rings. The zero-order valence-electron chi connectivity index (χ0n) is 12.2. The van der Waals surface area contributed by atoms with Gasteiger partial charge in [0.05, 0.1) is 0 Å². The molecular formula is C20H20. The molecule has 2 saturated carbocycles. The Morgan fingerprint density at radius 1 is 0.800 bits per heavy atom. The molecule has 100 valence electrons. The van der Waals surface area contributed by atoms with Crippen LogP contribution in [-0.2, 0) is 10.8 Å². The van der Waals surface area contributed by atoms with E-state index in [0.717, 1.165) is 0 Å². The number of benzene rings is 2. The topological polar surface area (TPSA) is 0 Å². The largest absolute Gasteiger partial charge is 0.0983 e. The Balaban J connectivity index is 1.78. The van der Waals surface area contributed by atoms with Crippen LogP contribution < -0.4 is 0 Å². The molecule has 0 heteroatoms. The van der Waals surface area contributed by atoms with E-state index < -0.39 is 0 Å². The summed E-state index contributed by atoms with van der Waals surface area (Å²) in [7, 11) is 0. The second kappa shape index (κ2) is 3.44. The maximum absolute atomic E-state index is 4.43. The van der Waals surface area contributed by atoms with Crippen LogP contribution in [0.1, 0.15) is 31.4 Å². The van der Waals surface area contributed by atoms with Gasteiger partial charge in [-0.2, -0.15) is 0 Å². The first-order valence-corrected chi connectivity index (χ1v) is 7.38. The molecule has 1 spiro atoms. The number of allylic oxidation sites excluding steroid dienone is 1. The molecule has 2 aliphatic rings. The van der Waals surface area contributed by atoms with E-state index in [1.807, 2.05) is 0 Å². The van der Waals surface area contributed by atoms with Crippen molar-refractivity contribution in [2.45, 2.75) is 31.1 Å². The van der Waals surface area contributed by atoms with E-state index in [1.54, 1.807) is 0 Å². The van der Waals surface area contributed by atoms with Crippen molar-refractivity contribution >= 4 is 0 Å². The van der Waals surface area contributed by atoms with Gasteiger partial charge in [0.25, 0.3) is 0 Å². The third-order valence-corrected chi connectivity index (χ3v) is 6.11. The molecule has 0 heterocycles. The molecule has 20 heavy (non-hydrogen) atoms. The molecule has 2 aromatic rings. The van der Waals surface area contributed by atoms with E-state index in [9.17, 15) is 0 Å². The summed E-state index contributed by atoms with van der Waals surface area (Å²) in [6, 6.07) is 21.8. The lowest BCUT2D eigenvalue weighted by Crippen LogP contribution is -2.12. The van der Waals surface area contributed by atoms with E-state index in [-0.39, 0.29) is 16.2 Å². The van der Waals surface area contributed by atoms with E-state index >= 15 is 0 Å². The molecule has 0 saturated heterocycles. The van der Waals surface area contributed by atoms with Gasteiger partial charge in [0, 0.05) is 16.2 Å². The van der Waals surface area contributed by atoms with E-state index in [0.29, 0.717) is 0 Å². The lowest BCUT2D eigenvalue weighted by atomic mass is 9.87. The third-order valence-electron chi connectivity index (χ3n) is 6.11. The molecule has 0 bridgehead atoms. The van der Waals surface area contributed by atoms with Gasteiger partial charge in [0.15, 0.2) is 0 Å². The molecule has 0 N–H and O–H groups in total. The van der Waals surface area contributed by atoms with Crippen LogP contribution in [0.15, 0.2) is 72.8 Å². The third kappa shape index (κ3) is 1.10. The summed E-state index contributed by atoms with van der Waals surface area (Å²) in [4.78, 5) is 0. The zero-order valence-corrected chi connectivity index (χ0v) is 12.2. The van der Waals surface area contributed by atoms with Gasteiger partial charge in [0.2, 0.25) is 0 Å². The summed E-state index contributed by atoms with van der Waals surface area (Å²) >= 11 is 0. The standard InChI is InChI=1S/C20H20/c1-15-19(3,17-12-8-5-9-13-17)20(15)14-18(20,2)16-10-6-4-7-11-16/h4-13H,1,14H2,2-3H3. The highest BCUT2D eigenvalue weighted by Crippen LogP contribution is 2.89. The van der Waals surface area contributed by atoms with Crippen molar-refractivity contribution in [3.8, 4) is 0 Å². The fraction of sp³-hybridized carbons (Fsp3) is 0.300. The summed E-state index contributed by atoms with van der Waals surface area (Å²) in [6.45, 7) is 9.21. The molecule has 2 aliphatic carbocycles. The number of hydrogen-bond acceptors (Lipinski definition) is 0. The van der Waals surface area contributed by atoms with Crippen LogP contribution in [-0.4, -0.2) is 0 Å². The lowest BCUT2D eigenvalue weighted by molar-refractivity contribution is 0.569. The van der Waals surface area contributed by atoms with Crippen molar-refractivity contribution in [1.82, 2.24) is 0 Å². The Labute approximate surface area is 121 Å². The maximum atomic E-state index is 4.43. The minimum absolute atomic E-state index is 0.152. The summed E-state index contributed by atoms with van der Waals surface area (Å²) < 4.78 is 0. The molecule has 0 nitrogen and oxygen atoms in total. The Bertz CT molecular complexity index is 684. The Morgan fingerprint density at radius 3 is 1.85 bits per heavy atom. The van der Waals surface area contributed by atoms with Gasteiger partial charge in [-0.25, -0.2) is 0 Å². The molecule has 0 amide bonds. The van der Waals surface area contributed by atoms with Crippen molar-refractivity contribution in [2.75, 3.05) is 0 Å². The van der Waals surface area contributed by atoms with Crippen LogP contribution in [0.4, 0.5) is 0 Å². The molecule has 3 atom stereocenters. The van der Waals surface area contributed by atoms with Gasteiger partial charge in [-0.1, -0.05) is 86.7 Å². The van der Waals surface area contributed by atoms with Crippen LogP contribution in [0.2, 0.25) is 0 Å². The second-order valence-electron chi connectivity index (χ2n) is 6.75. The number of rotatable bonds is 2. The first kappa shape index (κ1) is 12.0. The Hall–Kier alpha value is -1.82. The SMILES string of the molecule is C=C1C(C)(c2ccccc2)C12CC2(C)c1ccccc1. The fourth-order valence-electron chi connectivity index (χ4n) is 4.68. The smallest absolute Gasteiger partial charge is 0.0239 e. The Kier molecular flexibility index (Phi) is 2.05. The fourth-order valence-corrected chi connectivity index (χ4v) is 4.68. The lowest BCUT2D eigenvalue weighted by Gasteiger charge is -2.15. The molecular weight excluding hydrogens is 240 g/mol. The van der Waals surface area contributed by atoms with Crippen LogP contribution in [0.25, 0.3) is 0 Å². The molecule has 0 radical (unpaired) electrons. The predicted molar refractivity (Wildman–Crippen MR) is 83.8 cm³/mol. The summed E-state index contributed by atoms with van der Waals surface area (Å²) in [5, 5.41) is 0. The average molecular weight is 260 g/mol. The molecule has 4 rings (SSSR count). The highest BCUT2D eigenvalue weighted by molar-refractivity contribution is 5.68. The monoisotopic (exact) mass is 260 g/mol. The molecule has 0 aliphatic heterocycles. The maximum Gasteiger partial charge on any atom is 0.0239 e. The van der Waals surface area contributed by atoms with E-state index in [4.69, 9.17) is 0 Å². The van der Waals surface area contributed by atoms with Gasteiger partial charge in [-0.3, -0.25) is 0 Å². The zero-order chi connectivity index (χ0) is 14.0. The van der Waals surface area contributed by atoms with Gasteiger partial charge in [-0.15, -0.1) is 0 Å². The van der Waals surface area contributed by atoms with Crippen LogP contribution >= 0.6 is 0 Å². The summed E-state index contributed by atoms with van der Waals surface area (Å²) in [6.07, 6.45) is 1.23. The van der Waals surface area contributed by atoms with Crippen LogP contribution in [0, 0.1) is 5.41 Å². The van der Waals surface area contributed by atoms with Gasteiger partial charge in [-0.05, 0) is 17.5 Å². The van der Waals surface area contributed by atoms with Crippen molar-refractivity contribution < 1.29 is 0 Å². The normalized spacial score (nSPS) is 38.0. The first-order valence-electron chi connectivity index (χ1n) is 7.38. The molecule has 0 aromatic heterocycles. The predicted octanol–water partition coefficient (Wildman–Crippen LogP) is 4.86. The minimum atomic E-state index is 0.152. The van der Waals surface area contributed by atoms with E-state index in [1.165, 1.54) is 23.1 Å². The quantitative estimate of drug-likeness (QED) is 0.676. The van der Waals surface area contributed by atoms with Crippen molar-refractivity contribution in [3.63, 3.8) is 0 Å². The van der Waals surface area contributed by atoms with Crippen molar-refractivity contribution in [2.24, 2.45) is 5.41 Å². The van der Waals surface area contributed by atoms with Crippen molar-refractivity contribution in [1.29, 1.82) is 0 Å². The molecule has 2 aromatic carbocycles. The highest BCUT2D eigenvalue weighted by atomic mass is 14.9. The second-order valence-corrected chi connectivity index (χ2v) is 6.75. The summed E-state index contributed by atoms with van der Waals surface area (Å²) in [5.74, 6) is 0. The van der Waals surface area contributed by atoms with Crippen LogP contribution in [0.5, 0.6) is 0 Å². The van der Waals surface area contributed by atoms with Crippen molar-refractivity contribution in [3.05, 3.63) is 83.9 Å². The van der Waals surface area contributed by atoms with Gasteiger partial charge < -0.3 is 0 Å². The summed E-state index contributed by atoms with van der Waals surface area (Å²) in [5.41, 5.74) is 4.99. The first-order chi connectivity index (χ1) is 9.57. The van der Waals surface area contributed by atoms with Crippen LogP contribution in [0.3, 0.4) is 0 Å². The highest BCUT2D eigenvalue weighted by Gasteiger charge is 2.86. The molecule has 3 unspecified atom stereocenters. The van der Waals surface area contributed by atoms with Gasteiger partial charge in [0.1, 0.15) is 0 Å². The number of hydrogen-bond donors (Lipinski definition) is 0. The average Bonchev–Trinajstić information content (AvgIpc) is 3.30.